The van der Waals surface area contributed by atoms with Gasteiger partial charge in [-0.15, -0.1) is 0 Å². The molecule has 7 rings (SSSR count). The molecule has 0 saturated carbocycles. The Labute approximate surface area is 202 Å². The lowest BCUT2D eigenvalue weighted by atomic mass is 9.51. The van der Waals surface area contributed by atoms with E-state index in [4.69, 9.17) is 4.74 Å². The lowest BCUT2D eigenvalue weighted by Gasteiger charge is -2.48. The molecule has 7 heteroatoms. The maximum Gasteiger partial charge on any atom is 0.285 e. The van der Waals surface area contributed by atoms with Crippen molar-refractivity contribution in [3.63, 3.8) is 0 Å². The summed E-state index contributed by atoms with van der Waals surface area (Å²) in [6.07, 6.45) is 1.95. The molecule has 0 unspecified atom stereocenters. The normalized spacial score (nSPS) is 25.7. The molecule has 0 spiro atoms. The van der Waals surface area contributed by atoms with E-state index in [-0.39, 0.29) is 10.8 Å². The molecular weight excluding hydrogens is 444 g/mol. The van der Waals surface area contributed by atoms with Crippen molar-refractivity contribution in [2.45, 2.75) is 31.2 Å². The number of nitrogens with zero attached hydrogens (tertiary/aromatic N) is 2. The van der Waals surface area contributed by atoms with Gasteiger partial charge >= 0.3 is 0 Å². The van der Waals surface area contributed by atoms with Crippen molar-refractivity contribution in [3.05, 3.63) is 105 Å². The molecule has 2 atom stereocenters. The van der Waals surface area contributed by atoms with Crippen molar-refractivity contribution in [3.8, 4) is 5.75 Å². The first-order valence-corrected chi connectivity index (χ1v) is 12.0. The molecule has 3 aliphatic carbocycles. The van der Waals surface area contributed by atoms with Gasteiger partial charge in [0, 0.05) is 22.0 Å². The molecule has 1 fully saturated rings. The number of rotatable bonds is 6. The Bertz CT molecular complexity index is 1320. The van der Waals surface area contributed by atoms with E-state index in [1.54, 1.807) is 48.5 Å². The monoisotopic (exact) mass is 468 g/mol. The number of unbranched alkanes of at least 4 members (excludes halogenated alkanes) is 1. The molecule has 1 heterocycles. The van der Waals surface area contributed by atoms with Crippen molar-refractivity contribution in [2.24, 2.45) is 11.8 Å². The second kappa shape index (κ2) is 7.77. The van der Waals surface area contributed by atoms with Crippen molar-refractivity contribution < 1.29 is 19.2 Å². The van der Waals surface area contributed by atoms with E-state index in [2.05, 4.69) is 6.92 Å². The van der Waals surface area contributed by atoms with Gasteiger partial charge in [0.2, 0.25) is 11.8 Å². The van der Waals surface area contributed by atoms with Crippen LogP contribution in [0.5, 0.6) is 5.75 Å². The zero-order chi connectivity index (χ0) is 24.3. The van der Waals surface area contributed by atoms with E-state index in [0.717, 1.165) is 28.9 Å². The maximum absolute atomic E-state index is 13.9. The number of imide groups is 1. The number of nitro groups is 1. The van der Waals surface area contributed by atoms with Gasteiger partial charge < -0.3 is 4.74 Å². The van der Waals surface area contributed by atoms with Crippen LogP contribution in [0.4, 0.5) is 5.69 Å². The van der Waals surface area contributed by atoms with Gasteiger partial charge in [-0.1, -0.05) is 61.9 Å². The number of ether oxygens (including phenoxy) is 1. The van der Waals surface area contributed by atoms with Gasteiger partial charge in [0.25, 0.3) is 5.54 Å². The lowest BCUT2D eigenvalue weighted by molar-refractivity contribution is -0.578. The van der Waals surface area contributed by atoms with Gasteiger partial charge in [-0.2, -0.15) is 0 Å². The Kier molecular flexibility index (Phi) is 4.78. The Morgan fingerprint density at radius 3 is 2.09 bits per heavy atom. The second-order valence-electron chi connectivity index (χ2n) is 9.39. The van der Waals surface area contributed by atoms with Crippen molar-refractivity contribution in [2.75, 3.05) is 11.5 Å². The molecule has 0 N–H and O–H groups in total. The van der Waals surface area contributed by atoms with Crippen LogP contribution >= 0.6 is 0 Å². The van der Waals surface area contributed by atoms with Gasteiger partial charge in [0.15, 0.2) is 0 Å². The number of hydrogen-bond donors (Lipinski definition) is 0. The van der Waals surface area contributed by atoms with Crippen LogP contribution in [0, 0.1) is 22.0 Å². The highest BCUT2D eigenvalue weighted by molar-refractivity contribution is 6.23. The average molecular weight is 469 g/mol. The van der Waals surface area contributed by atoms with Crippen LogP contribution < -0.4 is 9.64 Å². The summed E-state index contributed by atoms with van der Waals surface area (Å²) in [5.41, 5.74) is 1.13. The van der Waals surface area contributed by atoms with E-state index in [9.17, 15) is 19.7 Å². The van der Waals surface area contributed by atoms with E-state index < -0.39 is 29.2 Å². The van der Waals surface area contributed by atoms with E-state index in [1.807, 2.05) is 24.3 Å². The highest BCUT2D eigenvalue weighted by atomic mass is 16.6. The molecular formula is C28H24N2O5. The summed E-state index contributed by atoms with van der Waals surface area (Å²) in [4.78, 5) is 41.6. The second-order valence-corrected chi connectivity index (χ2v) is 9.39. The van der Waals surface area contributed by atoms with Crippen molar-refractivity contribution >= 4 is 17.5 Å². The molecule has 0 aromatic heterocycles. The van der Waals surface area contributed by atoms with Crippen LogP contribution in [0.15, 0.2) is 72.8 Å². The van der Waals surface area contributed by atoms with Crippen LogP contribution in [-0.4, -0.2) is 23.3 Å². The minimum atomic E-state index is -1.81. The molecule has 35 heavy (non-hydrogen) atoms. The minimum Gasteiger partial charge on any atom is -0.494 e. The summed E-state index contributed by atoms with van der Waals surface area (Å²) >= 11 is 0. The largest absolute Gasteiger partial charge is 0.494 e. The number of amides is 2. The smallest absolute Gasteiger partial charge is 0.285 e. The quantitative estimate of drug-likeness (QED) is 0.227. The van der Waals surface area contributed by atoms with Crippen molar-refractivity contribution in [1.29, 1.82) is 0 Å². The Hall–Kier alpha value is -4.00. The molecule has 1 saturated heterocycles. The van der Waals surface area contributed by atoms with Crippen LogP contribution in [0.25, 0.3) is 0 Å². The summed E-state index contributed by atoms with van der Waals surface area (Å²) in [5.74, 6) is -2.61. The third kappa shape index (κ3) is 2.72. The molecule has 176 valence electrons. The predicted octanol–water partition coefficient (Wildman–Crippen LogP) is 4.65. The first kappa shape index (κ1) is 21.5. The van der Waals surface area contributed by atoms with Gasteiger partial charge in [0.05, 0.1) is 18.2 Å². The number of benzene rings is 3. The molecule has 3 aromatic rings. The summed E-state index contributed by atoms with van der Waals surface area (Å²) in [5, 5.41) is 13.0. The third-order valence-corrected chi connectivity index (χ3v) is 7.72. The maximum atomic E-state index is 13.9. The average Bonchev–Trinajstić information content (AvgIpc) is 3.15. The molecule has 1 aliphatic heterocycles. The molecule has 0 radical (unpaired) electrons. The first-order valence-electron chi connectivity index (χ1n) is 12.0. The Morgan fingerprint density at radius 1 is 0.914 bits per heavy atom. The topological polar surface area (TPSA) is 89.8 Å². The fourth-order valence-corrected chi connectivity index (χ4v) is 6.32. The standard InChI is InChI=1S/C28H24N2O5/c1-2-3-16-35-18-14-12-17(13-15-18)29-26(31)24-23-19-8-4-6-10-21(19)28(30(33)34,25(24)27(29)32)22-11-7-5-9-20(22)23/h4-15,23-25H,2-3,16H2,1H3/t23?,24-,25+,28?/m0/s1. The lowest BCUT2D eigenvalue weighted by Crippen LogP contribution is -2.57. The summed E-state index contributed by atoms with van der Waals surface area (Å²) in [6, 6.07) is 21.2. The Balaban J connectivity index is 1.49. The minimum absolute atomic E-state index is 0.350. The molecule has 4 aliphatic rings. The van der Waals surface area contributed by atoms with Crippen LogP contribution in [0.3, 0.4) is 0 Å². The van der Waals surface area contributed by atoms with Crippen LogP contribution in [-0.2, 0) is 15.1 Å². The third-order valence-electron chi connectivity index (χ3n) is 7.72. The SMILES string of the molecule is CCCCOc1ccc(N2C(=O)[C@H]3C4c5ccccc5C([N+](=O)[O-])(c5ccccc54)[C@H]3C2=O)cc1. The highest BCUT2D eigenvalue weighted by Crippen LogP contribution is 2.64. The fourth-order valence-electron chi connectivity index (χ4n) is 6.32. The summed E-state index contributed by atoms with van der Waals surface area (Å²) in [6.45, 7) is 2.67. The summed E-state index contributed by atoms with van der Waals surface area (Å²) < 4.78 is 5.71. The Morgan fingerprint density at radius 2 is 1.51 bits per heavy atom. The molecule has 3 aromatic carbocycles. The van der Waals surface area contributed by atoms with E-state index in [1.165, 1.54) is 0 Å². The van der Waals surface area contributed by atoms with Gasteiger partial charge in [-0.25, -0.2) is 4.90 Å². The highest BCUT2D eigenvalue weighted by Gasteiger charge is 2.74. The molecule has 2 amide bonds. The van der Waals surface area contributed by atoms with Gasteiger partial charge in [-0.05, 0) is 41.8 Å². The number of carbonyl (C=O) groups is 2. The van der Waals surface area contributed by atoms with E-state index in [0.29, 0.717) is 29.2 Å². The summed E-state index contributed by atoms with van der Waals surface area (Å²) in [7, 11) is 0. The molecule has 7 nitrogen and oxygen atoms in total. The zero-order valence-corrected chi connectivity index (χ0v) is 19.2. The first-order chi connectivity index (χ1) is 17.0. The number of anilines is 1. The zero-order valence-electron chi connectivity index (χ0n) is 19.2. The van der Waals surface area contributed by atoms with Crippen LogP contribution in [0.1, 0.15) is 47.9 Å². The fraction of sp³-hybridized carbons (Fsp3) is 0.286. The predicted molar refractivity (Wildman–Crippen MR) is 129 cm³/mol. The van der Waals surface area contributed by atoms with E-state index >= 15 is 0 Å². The number of hydrogen-bond acceptors (Lipinski definition) is 5. The van der Waals surface area contributed by atoms with Crippen molar-refractivity contribution in [1.82, 2.24) is 0 Å². The van der Waals surface area contributed by atoms with Gasteiger partial charge in [-0.3, -0.25) is 19.7 Å². The number of carbonyl (C=O) groups excluding carboxylic acids is 2. The van der Waals surface area contributed by atoms with Crippen LogP contribution in [0.2, 0.25) is 0 Å². The van der Waals surface area contributed by atoms with Gasteiger partial charge in [0.1, 0.15) is 11.7 Å². The molecule has 2 bridgehead atoms.